The second-order valence-electron chi connectivity index (χ2n) is 7.03. The number of anilines is 2. The maximum Gasteiger partial charge on any atom is 0.341 e. The van der Waals surface area contributed by atoms with E-state index < -0.39 is 12.6 Å². The molecule has 9 heteroatoms. The zero-order valence-electron chi connectivity index (χ0n) is 18.7. The van der Waals surface area contributed by atoms with E-state index in [9.17, 15) is 9.59 Å². The van der Waals surface area contributed by atoms with E-state index >= 15 is 0 Å². The number of rotatable bonds is 10. The number of carboxylic acids is 1. The number of carboxylic acid groups (broad SMARTS) is 1. The quantitative estimate of drug-likeness (QED) is 0.379. The highest BCUT2D eigenvalue weighted by atomic mass is 32.2. The summed E-state index contributed by atoms with van der Waals surface area (Å²) in [6, 6.07) is 12.9. The molecule has 2 aromatic rings. The third kappa shape index (κ3) is 5.85. The van der Waals surface area contributed by atoms with Gasteiger partial charge in [-0.2, -0.15) is 0 Å². The zero-order chi connectivity index (χ0) is 24.0. The van der Waals surface area contributed by atoms with Crippen molar-refractivity contribution in [2.24, 2.45) is 0 Å². The normalized spacial score (nSPS) is 14.6. The minimum atomic E-state index is -1.07. The minimum Gasteiger partial charge on any atom is -0.490 e. The lowest BCUT2D eigenvalue weighted by molar-refractivity contribution is -0.139. The fraction of sp³-hybridized carbons (Fsp3) is 0.292. The Kier molecular flexibility index (Phi) is 8.35. The summed E-state index contributed by atoms with van der Waals surface area (Å²) in [5.41, 5.74) is 2.54. The van der Waals surface area contributed by atoms with E-state index in [0.717, 1.165) is 30.0 Å². The van der Waals surface area contributed by atoms with Gasteiger partial charge in [0.15, 0.2) is 22.4 Å². The van der Waals surface area contributed by atoms with Gasteiger partial charge in [-0.3, -0.25) is 9.69 Å². The molecule has 174 valence electrons. The zero-order valence-corrected chi connectivity index (χ0v) is 20.4. The molecule has 1 aliphatic heterocycles. The number of thiocarbonyl (C=S) groups is 1. The lowest BCUT2D eigenvalue weighted by Gasteiger charge is -2.22. The average molecular weight is 487 g/mol. The van der Waals surface area contributed by atoms with Gasteiger partial charge in [0, 0.05) is 18.8 Å². The van der Waals surface area contributed by atoms with Crippen LogP contribution in [-0.4, -0.2) is 47.6 Å². The Bertz CT molecular complexity index is 1070. The number of thioether (sulfide) groups is 1. The van der Waals surface area contributed by atoms with Gasteiger partial charge in [-0.05, 0) is 68.8 Å². The molecule has 33 heavy (non-hydrogen) atoms. The number of hydrogen-bond acceptors (Lipinski definition) is 7. The second kappa shape index (κ2) is 11.2. The van der Waals surface area contributed by atoms with Crippen LogP contribution in [0.4, 0.5) is 11.4 Å². The number of benzene rings is 2. The molecule has 0 radical (unpaired) electrons. The third-order valence-electron chi connectivity index (χ3n) is 4.95. The number of hydrogen-bond donors (Lipinski definition) is 1. The van der Waals surface area contributed by atoms with Crippen molar-refractivity contribution < 1.29 is 24.2 Å². The monoisotopic (exact) mass is 486 g/mol. The summed E-state index contributed by atoms with van der Waals surface area (Å²) < 4.78 is 11.3. The van der Waals surface area contributed by atoms with Crippen molar-refractivity contribution in [3.63, 3.8) is 0 Å². The second-order valence-corrected chi connectivity index (χ2v) is 8.70. The molecule has 0 atom stereocenters. The summed E-state index contributed by atoms with van der Waals surface area (Å²) in [4.78, 5) is 28.2. The summed E-state index contributed by atoms with van der Waals surface area (Å²) in [6.07, 6.45) is 1.74. The molecule has 0 saturated carbocycles. The summed E-state index contributed by atoms with van der Waals surface area (Å²) in [5.74, 6) is -0.521. The molecule has 2 aromatic carbocycles. The Morgan fingerprint density at radius 2 is 1.79 bits per heavy atom. The van der Waals surface area contributed by atoms with Gasteiger partial charge in [0.05, 0.1) is 17.2 Å². The molecule has 1 aliphatic rings. The van der Waals surface area contributed by atoms with Crippen molar-refractivity contribution in [1.29, 1.82) is 0 Å². The van der Waals surface area contributed by atoms with Gasteiger partial charge in [0.1, 0.15) is 0 Å². The molecule has 0 unspecified atom stereocenters. The van der Waals surface area contributed by atoms with E-state index in [0.29, 0.717) is 27.3 Å². The predicted molar refractivity (Wildman–Crippen MR) is 136 cm³/mol. The van der Waals surface area contributed by atoms with Gasteiger partial charge in [0.2, 0.25) is 0 Å². The topological polar surface area (TPSA) is 79.3 Å². The maximum atomic E-state index is 13.1. The fourth-order valence-electron chi connectivity index (χ4n) is 3.38. The molecular formula is C24H26N2O5S2. The highest BCUT2D eigenvalue weighted by molar-refractivity contribution is 8.27. The SMILES string of the molecule is CCOc1cc(/C=C2/SC(=S)N(c3ccc(N(CC)CC)cc3)C2=O)ccc1OCC(=O)O. The van der Waals surface area contributed by atoms with E-state index in [4.69, 9.17) is 26.8 Å². The number of nitrogens with zero attached hydrogens (tertiary/aromatic N) is 2. The average Bonchev–Trinajstić information content (AvgIpc) is 3.07. The van der Waals surface area contributed by atoms with Crippen molar-refractivity contribution in [3.8, 4) is 11.5 Å². The van der Waals surface area contributed by atoms with Gasteiger partial charge < -0.3 is 19.5 Å². The first-order valence-electron chi connectivity index (χ1n) is 10.6. The first-order chi connectivity index (χ1) is 15.9. The summed E-state index contributed by atoms with van der Waals surface area (Å²) in [7, 11) is 0. The molecule has 1 saturated heterocycles. The fourth-order valence-corrected chi connectivity index (χ4v) is 4.68. The Balaban J connectivity index is 1.83. The Hall–Kier alpha value is -3.04. The van der Waals surface area contributed by atoms with Crippen molar-refractivity contribution >= 4 is 57.6 Å². The van der Waals surface area contributed by atoms with Crippen LogP contribution in [-0.2, 0) is 9.59 Å². The molecule has 1 heterocycles. The highest BCUT2D eigenvalue weighted by Gasteiger charge is 2.33. The molecule has 0 bridgehead atoms. The van der Waals surface area contributed by atoms with E-state index in [1.165, 1.54) is 16.7 Å². The van der Waals surface area contributed by atoms with Crippen LogP contribution in [0, 0.1) is 0 Å². The van der Waals surface area contributed by atoms with Crippen LogP contribution in [0.1, 0.15) is 26.3 Å². The summed E-state index contributed by atoms with van der Waals surface area (Å²) in [5, 5.41) is 8.85. The molecule has 0 spiro atoms. The van der Waals surface area contributed by atoms with Crippen LogP contribution >= 0.6 is 24.0 Å². The van der Waals surface area contributed by atoms with E-state index in [1.54, 1.807) is 24.3 Å². The van der Waals surface area contributed by atoms with Gasteiger partial charge in [-0.15, -0.1) is 0 Å². The first kappa shape index (κ1) is 24.6. The number of carbonyl (C=O) groups is 2. The Morgan fingerprint density at radius 3 is 2.39 bits per heavy atom. The minimum absolute atomic E-state index is 0.190. The van der Waals surface area contributed by atoms with Gasteiger partial charge in [0.25, 0.3) is 5.91 Å². The van der Waals surface area contributed by atoms with Crippen molar-refractivity contribution in [2.45, 2.75) is 20.8 Å². The van der Waals surface area contributed by atoms with Gasteiger partial charge >= 0.3 is 5.97 Å². The standard InChI is InChI=1S/C24H26N2O5S2/c1-4-25(5-2)17-8-10-18(11-9-17)26-23(29)21(33-24(26)32)14-16-7-12-19(31-15-22(27)28)20(13-16)30-6-3/h7-14H,4-6,15H2,1-3H3,(H,27,28)/b21-14+. The Morgan fingerprint density at radius 1 is 1.09 bits per heavy atom. The molecule has 1 fully saturated rings. The molecular weight excluding hydrogens is 460 g/mol. The van der Waals surface area contributed by atoms with Crippen LogP contribution < -0.4 is 19.3 Å². The maximum absolute atomic E-state index is 13.1. The largest absolute Gasteiger partial charge is 0.490 e. The van der Waals surface area contributed by atoms with E-state index in [1.807, 2.05) is 31.2 Å². The highest BCUT2D eigenvalue weighted by Crippen LogP contribution is 2.37. The first-order valence-corrected chi connectivity index (χ1v) is 11.8. The Labute approximate surface area is 203 Å². The van der Waals surface area contributed by atoms with Crippen molar-refractivity contribution in [2.75, 3.05) is 36.1 Å². The van der Waals surface area contributed by atoms with Crippen LogP contribution in [0.3, 0.4) is 0 Å². The number of aliphatic carboxylic acids is 1. The van der Waals surface area contributed by atoms with Crippen molar-refractivity contribution in [3.05, 3.63) is 52.9 Å². The number of amides is 1. The lowest BCUT2D eigenvalue weighted by Crippen LogP contribution is -2.27. The smallest absolute Gasteiger partial charge is 0.341 e. The molecule has 0 aliphatic carbocycles. The van der Waals surface area contributed by atoms with Crippen LogP contribution in [0.15, 0.2) is 47.4 Å². The van der Waals surface area contributed by atoms with Crippen LogP contribution in [0.2, 0.25) is 0 Å². The van der Waals surface area contributed by atoms with E-state index in [-0.39, 0.29) is 5.91 Å². The van der Waals surface area contributed by atoms with E-state index in [2.05, 4.69) is 18.7 Å². The molecule has 7 nitrogen and oxygen atoms in total. The number of carbonyl (C=O) groups excluding carboxylic acids is 1. The van der Waals surface area contributed by atoms with Gasteiger partial charge in [-0.1, -0.05) is 30.0 Å². The molecule has 1 N–H and O–H groups in total. The third-order valence-corrected chi connectivity index (χ3v) is 6.25. The van der Waals surface area contributed by atoms with Crippen LogP contribution in [0.5, 0.6) is 11.5 Å². The summed E-state index contributed by atoms with van der Waals surface area (Å²) in [6.45, 7) is 7.76. The molecule has 3 rings (SSSR count). The molecule has 1 amide bonds. The predicted octanol–water partition coefficient (Wildman–Crippen LogP) is 4.80. The number of ether oxygens (including phenoxy) is 2. The van der Waals surface area contributed by atoms with Crippen LogP contribution in [0.25, 0.3) is 6.08 Å². The van der Waals surface area contributed by atoms with Crippen molar-refractivity contribution in [1.82, 2.24) is 0 Å². The molecule has 0 aromatic heterocycles. The summed E-state index contributed by atoms with van der Waals surface area (Å²) >= 11 is 6.72. The van der Waals surface area contributed by atoms with Gasteiger partial charge in [-0.25, -0.2) is 4.79 Å². The lowest BCUT2D eigenvalue weighted by atomic mass is 10.1.